The van der Waals surface area contributed by atoms with Crippen LogP contribution in [0.4, 0.5) is 13.2 Å². The van der Waals surface area contributed by atoms with Crippen LogP contribution in [0.25, 0.3) is 0 Å². The standard InChI is InChI=1S/C12H15F3N2O/c1-7(16)3-2-6-17-12(18)8-4-5-9(13)11(15)10(8)14/h4-5,7H,2-3,6,16H2,1H3,(H,17,18). The molecule has 0 aromatic heterocycles. The molecule has 0 saturated heterocycles. The highest BCUT2D eigenvalue weighted by Crippen LogP contribution is 2.14. The Morgan fingerprint density at radius 1 is 1.33 bits per heavy atom. The summed E-state index contributed by atoms with van der Waals surface area (Å²) in [7, 11) is 0. The SMILES string of the molecule is CC(N)CCCNC(=O)c1ccc(F)c(F)c1F. The lowest BCUT2D eigenvalue weighted by molar-refractivity contribution is 0.0947. The van der Waals surface area contributed by atoms with Crippen molar-refractivity contribution in [3.63, 3.8) is 0 Å². The molecule has 100 valence electrons. The van der Waals surface area contributed by atoms with Crippen LogP contribution in [0.3, 0.4) is 0 Å². The molecule has 0 radical (unpaired) electrons. The summed E-state index contributed by atoms with van der Waals surface area (Å²) >= 11 is 0. The molecule has 0 bridgehead atoms. The van der Waals surface area contributed by atoms with Gasteiger partial charge in [0.1, 0.15) is 0 Å². The largest absolute Gasteiger partial charge is 0.352 e. The molecule has 6 heteroatoms. The molecule has 0 spiro atoms. The monoisotopic (exact) mass is 260 g/mol. The first-order valence-electron chi connectivity index (χ1n) is 5.60. The minimum atomic E-state index is -1.64. The fourth-order valence-corrected chi connectivity index (χ4v) is 1.42. The van der Waals surface area contributed by atoms with E-state index in [0.29, 0.717) is 19.4 Å². The zero-order valence-electron chi connectivity index (χ0n) is 9.97. The number of nitrogens with two attached hydrogens (primary N) is 1. The van der Waals surface area contributed by atoms with E-state index in [1.807, 2.05) is 6.92 Å². The van der Waals surface area contributed by atoms with Gasteiger partial charge in [0.2, 0.25) is 0 Å². The highest BCUT2D eigenvalue weighted by molar-refractivity contribution is 5.94. The second-order valence-corrected chi connectivity index (χ2v) is 4.10. The van der Waals surface area contributed by atoms with E-state index in [9.17, 15) is 18.0 Å². The van der Waals surface area contributed by atoms with Gasteiger partial charge < -0.3 is 11.1 Å². The Balaban J connectivity index is 2.60. The summed E-state index contributed by atoms with van der Waals surface area (Å²) in [5.74, 6) is -5.20. The van der Waals surface area contributed by atoms with Crippen LogP contribution in [0.5, 0.6) is 0 Å². The van der Waals surface area contributed by atoms with Gasteiger partial charge in [-0.25, -0.2) is 13.2 Å². The molecule has 0 heterocycles. The molecular formula is C12H15F3N2O. The topological polar surface area (TPSA) is 55.1 Å². The Labute approximate surface area is 103 Å². The van der Waals surface area contributed by atoms with Gasteiger partial charge in [0.25, 0.3) is 5.91 Å². The van der Waals surface area contributed by atoms with Gasteiger partial charge in [-0.05, 0) is 31.9 Å². The molecule has 1 rings (SSSR count). The van der Waals surface area contributed by atoms with Crippen LogP contribution < -0.4 is 11.1 Å². The van der Waals surface area contributed by atoms with Crippen LogP contribution in [0.1, 0.15) is 30.1 Å². The van der Waals surface area contributed by atoms with Crippen molar-refractivity contribution in [1.29, 1.82) is 0 Å². The number of halogens is 3. The van der Waals surface area contributed by atoms with Crippen molar-refractivity contribution in [3.8, 4) is 0 Å². The highest BCUT2D eigenvalue weighted by Gasteiger charge is 2.18. The van der Waals surface area contributed by atoms with E-state index in [1.165, 1.54) is 0 Å². The summed E-state index contributed by atoms with van der Waals surface area (Å²) in [4.78, 5) is 11.5. The van der Waals surface area contributed by atoms with E-state index in [2.05, 4.69) is 5.32 Å². The van der Waals surface area contributed by atoms with Crippen LogP contribution in [0, 0.1) is 17.5 Å². The summed E-state index contributed by atoms with van der Waals surface area (Å²) in [6, 6.07) is 1.64. The van der Waals surface area contributed by atoms with Crippen LogP contribution in [-0.4, -0.2) is 18.5 Å². The normalized spacial score (nSPS) is 12.3. The number of nitrogens with one attached hydrogen (secondary N) is 1. The van der Waals surface area contributed by atoms with Crippen molar-refractivity contribution >= 4 is 5.91 Å². The molecule has 0 fully saturated rings. The highest BCUT2D eigenvalue weighted by atomic mass is 19.2. The lowest BCUT2D eigenvalue weighted by Crippen LogP contribution is -2.27. The van der Waals surface area contributed by atoms with Crippen LogP contribution >= 0.6 is 0 Å². The first kappa shape index (κ1) is 14.5. The van der Waals surface area contributed by atoms with Gasteiger partial charge in [-0.1, -0.05) is 0 Å². The van der Waals surface area contributed by atoms with E-state index < -0.39 is 28.9 Å². The number of rotatable bonds is 5. The molecule has 0 aliphatic rings. The predicted molar refractivity (Wildman–Crippen MR) is 61.5 cm³/mol. The Kier molecular flexibility index (Phi) is 5.15. The number of benzene rings is 1. The molecule has 18 heavy (non-hydrogen) atoms. The van der Waals surface area contributed by atoms with Gasteiger partial charge in [0.05, 0.1) is 5.56 Å². The zero-order valence-corrected chi connectivity index (χ0v) is 9.97. The van der Waals surface area contributed by atoms with Gasteiger partial charge in [-0.3, -0.25) is 4.79 Å². The number of hydrogen-bond donors (Lipinski definition) is 2. The number of carbonyl (C=O) groups excluding carboxylic acids is 1. The lowest BCUT2D eigenvalue weighted by atomic mass is 10.1. The summed E-state index contributed by atoms with van der Waals surface area (Å²) in [5.41, 5.74) is 5.01. The Hall–Kier alpha value is -1.56. The lowest BCUT2D eigenvalue weighted by Gasteiger charge is -2.08. The van der Waals surface area contributed by atoms with Crippen LogP contribution in [-0.2, 0) is 0 Å². The maximum absolute atomic E-state index is 13.3. The first-order valence-corrected chi connectivity index (χ1v) is 5.60. The fourth-order valence-electron chi connectivity index (χ4n) is 1.42. The third-order valence-electron chi connectivity index (χ3n) is 2.40. The Morgan fingerprint density at radius 2 is 2.00 bits per heavy atom. The van der Waals surface area contributed by atoms with Crippen molar-refractivity contribution in [2.75, 3.05) is 6.54 Å². The fraction of sp³-hybridized carbons (Fsp3) is 0.417. The molecule has 0 aliphatic carbocycles. The van der Waals surface area contributed by atoms with E-state index in [0.717, 1.165) is 12.1 Å². The summed E-state index contributed by atoms with van der Waals surface area (Å²) in [5, 5.41) is 2.42. The van der Waals surface area contributed by atoms with Gasteiger partial charge in [-0.15, -0.1) is 0 Å². The summed E-state index contributed by atoms with van der Waals surface area (Å²) in [6.07, 6.45) is 1.34. The molecule has 1 atom stereocenters. The number of amides is 1. The predicted octanol–water partition coefficient (Wildman–Crippen LogP) is 1.96. The van der Waals surface area contributed by atoms with Crippen LogP contribution in [0.2, 0.25) is 0 Å². The van der Waals surface area contributed by atoms with Crippen molar-refractivity contribution < 1.29 is 18.0 Å². The third kappa shape index (κ3) is 3.73. The Morgan fingerprint density at radius 3 is 2.61 bits per heavy atom. The van der Waals surface area contributed by atoms with Crippen molar-refractivity contribution in [2.45, 2.75) is 25.8 Å². The van der Waals surface area contributed by atoms with Crippen LogP contribution in [0.15, 0.2) is 12.1 Å². The van der Waals surface area contributed by atoms with E-state index >= 15 is 0 Å². The number of hydrogen-bond acceptors (Lipinski definition) is 2. The zero-order chi connectivity index (χ0) is 13.7. The molecule has 1 aromatic carbocycles. The maximum atomic E-state index is 13.3. The van der Waals surface area contributed by atoms with Crippen molar-refractivity contribution in [3.05, 3.63) is 35.1 Å². The minimum absolute atomic E-state index is 0.0157. The van der Waals surface area contributed by atoms with Gasteiger partial charge in [-0.2, -0.15) is 0 Å². The summed E-state index contributed by atoms with van der Waals surface area (Å²) in [6.45, 7) is 2.13. The molecule has 1 unspecified atom stereocenters. The van der Waals surface area contributed by atoms with Gasteiger partial charge in [0, 0.05) is 12.6 Å². The number of carbonyl (C=O) groups is 1. The quantitative estimate of drug-likeness (QED) is 0.628. The molecule has 1 aromatic rings. The van der Waals surface area contributed by atoms with Crippen molar-refractivity contribution in [1.82, 2.24) is 5.32 Å². The average molecular weight is 260 g/mol. The molecule has 0 saturated carbocycles. The third-order valence-corrected chi connectivity index (χ3v) is 2.40. The second kappa shape index (κ2) is 6.39. The first-order chi connectivity index (χ1) is 8.43. The van der Waals surface area contributed by atoms with E-state index in [-0.39, 0.29) is 6.04 Å². The molecule has 3 nitrogen and oxygen atoms in total. The average Bonchev–Trinajstić information content (AvgIpc) is 2.31. The maximum Gasteiger partial charge on any atom is 0.254 e. The summed E-state index contributed by atoms with van der Waals surface area (Å²) < 4.78 is 38.8. The second-order valence-electron chi connectivity index (χ2n) is 4.10. The van der Waals surface area contributed by atoms with Gasteiger partial charge >= 0.3 is 0 Å². The smallest absolute Gasteiger partial charge is 0.254 e. The van der Waals surface area contributed by atoms with E-state index in [4.69, 9.17) is 5.73 Å². The van der Waals surface area contributed by atoms with E-state index in [1.54, 1.807) is 0 Å². The van der Waals surface area contributed by atoms with Crippen molar-refractivity contribution in [2.24, 2.45) is 5.73 Å². The molecular weight excluding hydrogens is 245 g/mol. The molecule has 1 amide bonds. The molecule has 0 aliphatic heterocycles. The minimum Gasteiger partial charge on any atom is -0.352 e. The molecule has 3 N–H and O–H groups in total. The Bertz CT molecular complexity index is 436. The van der Waals surface area contributed by atoms with Gasteiger partial charge in [0.15, 0.2) is 17.5 Å².